The minimum atomic E-state index is -0.816. The first-order chi connectivity index (χ1) is 8.30. The molecule has 2 nitrogen and oxygen atoms in total. The molecule has 0 aromatic heterocycles. The summed E-state index contributed by atoms with van der Waals surface area (Å²) in [5.74, 6) is -0.429. The molecule has 0 amide bonds. The van der Waals surface area contributed by atoms with Gasteiger partial charge in [0.05, 0.1) is 10.6 Å². The molecule has 0 spiro atoms. The number of hydrogen-bond acceptors (Lipinski definition) is 2. The summed E-state index contributed by atoms with van der Waals surface area (Å²) in [4.78, 5) is 0. The Kier molecular flexibility index (Phi) is 5.57. The summed E-state index contributed by atoms with van der Waals surface area (Å²) in [6, 6.07) is 4.97. The first-order valence-corrected chi connectivity index (χ1v) is 6.58. The SMILES string of the molecule is CC(C)NCCC(C)(O)Cc1ccc(F)c(Cl)c1. The molecule has 0 radical (unpaired) electrons. The Bertz CT molecular complexity index is 393. The van der Waals surface area contributed by atoms with E-state index >= 15 is 0 Å². The van der Waals surface area contributed by atoms with Crippen molar-refractivity contribution in [2.24, 2.45) is 0 Å². The summed E-state index contributed by atoms with van der Waals surface area (Å²) >= 11 is 5.72. The maximum Gasteiger partial charge on any atom is 0.141 e. The van der Waals surface area contributed by atoms with Gasteiger partial charge in [-0.15, -0.1) is 0 Å². The molecular formula is C14H21ClFNO. The first-order valence-electron chi connectivity index (χ1n) is 6.20. The van der Waals surface area contributed by atoms with Crippen molar-refractivity contribution >= 4 is 11.6 Å². The fourth-order valence-corrected chi connectivity index (χ4v) is 2.01. The topological polar surface area (TPSA) is 32.3 Å². The molecule has 0 heterocycles. The van der Waals surface area contributed by atoms with Gasteiger partial charge in [0, 0.05) is 12.5 Å². The van der Waals surface area contributed by atoms with E-state index in [-0.39, 0.29) is 5.02 Å². The van der Waals surface area contributed by atoms with Gasteiger partial charge in [0.25, 0.3) is 0 Å². The summed E-state index contributed by atoms with van der Waals surface area (Å²) in [6.07, 6.45) is 1.10. The monoisotopic (exact) mass is 273 g/mol. The van der Waals surface area contributed by atoms with Crippen LogP contribution in [0.4, 0.5) is 4.39 Å². The van der Waals surface area contributed by atoms with Crippen molar-refractivity contribution in [3.05, 3.63) is 34.6 Å². The van der Waals surface area contributed by atoms with E-state index in [1.54, 1.807) is 19.1 Å². The fraction of sp³-hybridized carbons (Fsp3) is 0.571. The van der Waals surface area contributed by atoms with E-state index in [1.165, 1.54) is 6.07 Å². The van der Waals surface area contributed by atoms with Gasteiger partial charge in [0.15, 0.2) is 0 Å². The van der Waals surface area contributed by atoms with E-state index in [2.05, 4.69) is 19.2 Å². The average molecular weight is 274 g/mol. The third-order valence-corrected chi connectivity index (χ3v) is 3.07. The normalized spacial score (nSPS) is 14.8. The third kappa shape index (κ3) is 5.34. The fourth-order valence-electron chi connectivity index (χ4n) is 1.81. The van der Waals surface area contributed by atoms with Crippen molar-refractivity contribution in [3.8, 4) is 0 Å². The Morgan fingerprint density at radius 1 is 1.44 bits per heavy atom. The van der Waals surface area contributed by atoms with Crippen LogP contribution in [0.15, 0.2) is 18.2 Å². The van der Waals surface area contributed by atoms with Crippen LogP contribution in [0.5, 0.6) is 0 Å². The van der Waals surface area contributed by atoms with E-state index in [4.69, 9.17) is 11.6 Å². The zero-order valence-electron chi connectivity index (χ0n) is 11.1. The molecule has 0 bridgehead atoms. The molecule has 1 rings (SSSR count). The lowest BCUT2D eigenvalue weighted by Gasteiger charge is -2.24. The second-order valence-electron chi connectivity index (χ2n) is 5.28. The third-order valence-electron chi connectivity index (χ3n) is 2.79. The summed E-state index contributed by atoms with van der Waals surface area (Å²) in [6.45, 7) is 6.66. The Labute approximate surface area is 113 Å². The maximum atomic E-state index is 13.0. The molecule has 1 aromatic rings. The van der Waals surface area contributed by atoms with Crippen LogP contribution < -0.4 is 5.32 Å². The smallest absolute Gasteiger partial charge is 0.141 e. The Hall–Kier alpha value is -0.640. The highest BCUT2D eigenvalue weighted by Crippen LogP contribution is 2.21. The van der Waals surface area contributed by atoms with E-state index in [0.29, 0.717) is 18.9 Å². The first kappa shape index (κ1) is 15.4. The van der Waals surface area contributed by atoms with Gasteiger partial charge in [0.2, 0.25) is 0 Å². The van der Waals surface area contributed by atoms with Gasteiger partial charge in [-0.05, 0) is 37.6 Å². The van der Waals surface area contributed by atoms with Crippen LogP contribution in [0, 0.1) is 5.82 Å². The molecular weight excluding hydrogens is 253 g/mol. The van der Waals surface area contributed by atoms with E-state index in [1.807, 2.05) is 0 Å². The van der Waals surface area contributed by atoms with Gasteiger partial charge >= 0.3 is 0 Å². The van der Waals surface area contributed by atoms with Gasteiger partial charge < -0.3 is 10.4 Å². The van der Waals surface area contributed by atoms with Crippen molar-refractivity contribution in [3.63, 3.8) is 0 Å². The van der Waals surface area contributed by atoms with Crippen molar-refractivity contribution < 1.29 is 9.50 Å². The zero-order chi connectivity index (χ0) is 13.8. The summed E-state index contributed by atoms with van der Waals surface area (Å²) in [7, 11) is 0. The van der Waals surface area contributed by atoms with E-state index in [9.17, 15) is 9.50 Å². The minimum absolute atomic E-state index is 0.101. The van der Waals surface area contributed by atoms with Crippen LogP contribution in [-0.4, -0.2) is 23.3 Å². The molecule has 0 aliphatic carbocycles. The lowest BCUT2D eigenvalue weighted by Crippen LogP contribution is -2.34. The second-order valence-corrected chi connectivity index (χ2v) is 5.69. The summed E-state index contributed by atoms with van der Waals surface area (Å²) in [5.41, 5.74) is 0.0270. The van der Waals surface area contributed by atoms with Crippen molar-refractivity contribution in [1.82, 2.24) is 5.32 Å². The number of nitrogens with one attached hydrogen (secondary N) is 1. The quantitative estimate of drug-likeness (QED) is 0.834. The van der Waals surface area contributed by atoms with E-state index < -0.39 is 11.4 Å². The van der Waals surface area contributed by atoms with Crippen molar-refractivity contribution in [2.45, 2.75) is 45.3 Å². The average Bonchev–Trinajstić information content (AvgIpc) is 2.22. The molecule has 0 aliphatic rings. The number of rotatable bonds is 6. The second kappa shape index (κ2) is 6.50. The van der Waals surface area contributed by atoms with E-state index in [0.717, 1.165) is 12.1 Å². The van der Waals surface area contributed by atoms with Gasteiger partial charge in [-0.3, -0.25) is 0 Å². The molecule has 102 valence electrons. The predicted molar refractivity (Wildman–Crippen MR) is 73.5 cm³/mol. The Morgan fingerprint density at radius 3 is 2.67 bits per heavy atom. The lowest BCUT2D eigenvalue weighted by molar-refractivity contribution is 0.0511. The molecule has 0 aliphatic heterocycles. The summed E-state index contributed by atoms with van der Waals surface area (Å²) in [5, 5.41) is 13.6. The van der Waals surface area contributed by atoms with Crippen LogP contribution >= 0.6 is 11.6 Å². The maximum absolute atomic E-state index is 13.0. The van der Waals surface area contributed by atoms with Crippen LogP contribution in [0.1, 0.15) is 32.8 Å². The highest BCUT2D eigenvalue weighted by atomic mass is 35.5. The zero-order valence-corrected chi connectivity index (χ0v) is 11.9. The van der Waals surface area contributed by atoms with Gasteiger partial charge in [-0.2, -0.15) is 0 Å². The molecule has 0 saturated carbocycles. The van der Waals surface area contributed by atoms with Crippen LogP contribution in [0.3, 0.4) is 0 Å². The van der Waals surface area contributed by atoms with Crippen LogP contribution in [-0.2, 0) is 6.42 Å². The molecule has 4 heteroatoms. The standard InChI is InChI=1S/C14H21ClFNO/c1-10(2)17-7-6-14(3,18)9-11-4-5-13(16)12(15)8-11/h4-5,8,10,17-18H,6-7,9H2,1-3H3. The Morgan fingerprint density at radius 2 is 2.11 bits per heavy atom. The van der Waals surface area contributed by atoms with Gasteiger partial charge in [0.1, 0.15) is 5.82 Å². The molecule has 1 unspecified atom stereocenters. The molecule has 2 N–H and O–H groups in total. The minimum Gasteiger partial charge on any atom is -0.390 e. The van der Waals surface area contributed by atoms with Crippen molar-refractivity contribution in [1.29, 1.82) is 0 Å². The van der Waals surface area contributed by atoms with Crippen LogP contribution in [0.25, 0.3) is 0 Å². The van der Waals surface area contributed by atoms with Gasteiger partial charge in [-0.1, -0.05) is 31.5 Å². The molecule has 0 saturated heterocycles. The highest BCUT2D eigenvalue weighted by molar-refractivity contribution is 6.30. The Balaban J connectivity index is 2.55. The summed E-state index contributed by atoms with van der Waals surface area (Å²) < 4.78 is 13.0. The predicted octanol–water partition coefficient (Wildman–Crippen LogP) is 3.16. The molecule has 18 heavy (non-hydrogen) atoms. The molecule has 1 aromatic carbocycles. The number of benzene rings is 1. The number of hydrogen-bond donors (Lipinski definition) is 2. The molecule has 0 fully saturated rings. The van der Waals surface area contributed by atoms with Crippen LogP contribution in [0.2, 0.25) is 5.02 Å². The molecule has 1 atom stereocenters. The lowest BCUT2D eigenvalue weighted by atomic mass is 9.93. The van der Waals surface area contributed by atoms with Crippen molar-refractivity contribution in [2.75, 3.05) is 6.54 Å². The number of halogens is 2. The largest absolute Gasteiger partial charge is 0.390 e. The van der Waals surface area contributed by atoms with Gasteiger partial charge in [-0.25, -0.2) is 4.39 Å². The highest BCUT2D eigenvalue weighted by Gasteiger charge is 2.21. The number of aliphatic hydroxyl groups is 1.